The van der Waals surface area contributed by atoms with Crippen molar-refractivity contribution in [3.05, 3.63) is 143 Å². The van der Waals surface area contributed by atoms with Crippen LogP contribution in [0.5, 0.6) is 0 Å². The van der Waals surface area contributed by atoms with E-state index in [-0.39, 0.29) is 28.8 Å². The van der Waals surface area contributed by atoms with Crippen LogP contribution in [0.4, 0.5) is 4.39 Å². The Morgan fingerprint density at radius 1 is 0.771 bits per heavy atom. The first kappa shape index (κ1) is 30.9. The van der Waals surface area contributed by atoms with Crippen LogP contribution in [0.2, 0.25) is 0 Å². The van der Waals surface area contributed by atoms with Gasteiger partial charge in [0.2, 0.25) is 0 Å². The first-order chi connectivity index (χ1) is 23.5. The molecule has 1 saturated heterocycles. The van der Waals surface area contributed by atoms with E-state index in [1.165, 1.54) is 28.4 Å². The minimum atomic E-state index is -1.33. The van der Waals surface area contributed by atoms with Crippen LogP contribution in [0.3, 0.4) is 0 Å². The Hall–Kier alpha value is -5.72. The number of ether oxygens (including phenoxy) is 4. The number of rotatable bonds is 9. The number of hydrogen-bond donors (Lipinski definition) is 0. The van der Waals surface area contributed by atoms with Crippen molar-refractivity contribution in [1.82, 2.24) is 14.5 Å². The SMILES string of the molecule is O=C(OC[C@H]1O[C@@H](n2cc(F)c3c(-c4ccsc4)ncnc32)[C@H](OC(=O)c2ccccc2)[C@@H]1OC(=O)c1ccccc1)c1ccccc1. The maximum Gasteiger partial charge on any atom is 0.338 e. The van der Waals surface area contributed by atoms with Crippen LogP contribution in [-0.4, -0.2) is 57.4 Å². The molecule has 0 N–H and O–H groups in total. The van der Waals surface area contributed by atoms with Crippen molar-refractivity contribution in [2.45, 2.75) is 24.5 Å². The molecular weight excluding hydrogens is 637 g/mol. The molecule has 3 aromatic heterocycles. The van der Waals surface area contributed by atoms with Gasteiger partial charge in [-0.1, -0.05) is 54.6 Å². The fraction of sp³-hybridized carbons (Fsp3) is 0.139. The number of nitrogens with zero attached hydrogens (tertiary/aromatic N) is 3. The molecule has 10 nitrogen and oxygen atoms in total. The van der Waals surface area contributed by atoms with Crippen molar-refractivity contribution in [3.8, 4) is 11.3 Å². The van der Waals surface area contributed by atoms with Crippen LogP contribution in [0, 0.1) is 5.82 Å². The Morgan fingerprint density at radius 3 is 1.94 bits per heavy atom. The predicted octanol–water partition coefficient (Wildman–Crippen LogP) is 6.50. The maximum atomic E-state index is 15.8. The Bertz CT molecular complexity index is 2060. The van der Waals surface area contributed by atoms with E-state index >= 15 is 4.39 Å². The number of halogens is 1. The molecule has 0 bridgehead atoms. The van der Waals surface area contributed by atoms with Crippen LogP contribution in [0.25, 0.3) is 22.3 Å². The maximum absolute atomic E-state index is 15.8. The highest BCUT2D eigenvalue weighted by atomic mass is 32.1. The quantitative estimate of drug-likeness (QED) is 0.126. The summed E-state index contributed by atoms with van der Waals surface area (Å²) in [6.45, 7) is -0.382. The number of benzene rings is 3. The summed E-state index contributed by atoms with van der Waals surface area (Å²) in [5.74, 6) is -2.74. The lowest BCUT2D eigenvalue weighted by Gasteiger charge is -2.25. The lowest BCUT2D eigenvalue weighted by atomic mass is 10.1. The number of carbonyl (C=O) groups is 3. The second-order valence-electron chi connectivity index (χ2n) is 10.8. The molecule has 0 amide bonds. The van der Waals surface area contributed by atoms with Gasteiger partial charge in [-0.2, -0.15) is 11.3 Å². The van der Waals surface area contributed by atoms with Gasteiger partial charge < -0.3 is 18.9 Å². The molecule has 12 heteroatoms. The zero-order valence-electron chi connectivity index (χ0n) is 25.0. The monoisotopic (exact) mass is 663 g/mol. The fourth-order valence-corrected chi connectivity index (χ4v) is 6.17. The van der Waals surface area contributed by atoms with E-state index in [1.807, 2.05) is 16.8 Å². The summed E-state index contributed by atoms with van der Waals surface area (Å²) in [6, 6.07) is 26.7. The topological polar surface area (TPSA) is 119 Å². The molecule has 48 heavy (non-hydrogen) atoms. The van der Waals surface area contributed by atoms with Gasteiger partial charge in [-0.15, -0.1) is 0 Å². The van der Waals surface area contributed by atoms with Crippen LogP contribution < -0.4 is 0 Å². The smallest absolute Gasteiger partial charge is 0.338 e. The molecule has 1 aliphatic rings. The number of hydrogen-bond acceptors (Lipinski definition) is 10. The summed E-state index contributed by atoms with van der Waals surface area (Å²) in [5, 5.41) is 3.82. The summed E-state index contributed by atoms with van der Waals surface area (Å²) in [5.41, 5.74) is 1.99. The zero-order valence-corrected chi connectivity index (χ0v) is 25.9. The molecule has 0 radical (unpaired) electrons. The number of fused-ring (bicyclic) bond motifs is 1. The molecule has 0 saturated carbocycles. The first-order valence-electron chi connectivity index (χ1n) is 14.9. The van der Waals surface area contributed by atoms with Gasteiger partial charge in [0.05, 0.1) is 27.8 Å². The average Bonchev–Trinajstić information content (AvgIpc) is 3.87. The highest BCUT2D eigenvalue weighted by Crippen LogP contribution is 2.39. The highest BCUT2D eigenvalue weighted by molar-refractivity contribution is 7.08. The van der Waals surface area contributed by atoms with E-state index in [1.54, 1.807) is 91.0 Å². The summed E-state index contributed by atoms with van der Waals surface area (Å²) in [7, 11) is 0. The van der Waals surface area contributed by atoms with Gasteiger partial charge in [0.1, 0.15) is 24.7 Å². The van der Waals surface area contributed by atoms with Gasteiger partial charge in [-0.05, 0) is 47.8 Å². The molecular formula is C36H26FN3O7S. The lowest BCUT2D eigenvalue weighted by molar-refractivity contribution is -0.0605. The van der Waals surface area contributed by atoms with E-state index in [2.05, 4.69) is 9.97 Å². The minimum absolute atomic E-state index is 0.129. The van der Waals surface area contributed by atoms with E-state index in [9.17, 15) is 14.4 Å². The lowest BCUT2D eigenvalue weighted by Crippen LogP contribution is -2.41. The van der Waals surface area contributed by atoms with Crippen LogP contribution in [-0.2, 0) is 18.9 Å². The average molecular weight is 664 g/mol. The second kappa shape index (κ2) is 13.6. The van der Waals surface area contributed by atoms with Crippen molar-refractivity contribution in [2.75, 3.05) is 6.61 Å². The Labute approximate surface area is 277 Å². The predicted molar refractivity (Wildman–Crippen MR) is 173 cm³/mol. The molecule has 1 fully saturated rings. The summed E-state index contributed by atoms with van der Waals surface area (Å²) < 4.78 is 41.2. The molecule has 6 aromatic rings. The molecule has 0 spiro atoms. The van der Waals surface area contributed by atoms with E-state index in [0.29, 0.717) is 16.8 Å². The third kappa shape index (κ3) is 6.18. The molecule has 0 aliphatic carbocycles. The van der Waals surface area contributed by atoms with Gasteiger partial charge >= 0.3 is 17.9 Å². The fourth-order valence-electron chi connectivity index (χ4n) is 5.53. The summed E-state index contributed by atoms with van der Waals surface area (Å²) in [4.78, 5) is 48.6. The number of carbonyl (C=O) groups excluding carboxylic acids is 3. The van der Waals surface area contributed by atoms with Crippen molar-refractivity contribution in [3.63, 3.8) is 0 Å². The third-order valence-corrected chi connectivity index (χ3v) is 8.49. The van der Waals surface area contributed by atoms with Crippen molar-refractivity contribution in [2.24, 2.45) is 0 Å². The molecule has 7 rings (SSSR count). The molecule has 0 unspecified atom stereocenters. The summed E-state index contributed by atoms with van der Waals surface area (Å²) in [6.07, 6.45) is -2.54. The number of aromatic nitrogens is 3. The molecule has 4 atom stereocenters. The van der Waals surface area contributed by atoms with E-state index in [0.717, 1.165) is 0 Å². The standard InChI is InChI=1S/C36H26FN3O7S/c37-26-18-40(32-28(26)29(38-21-39-32)25-16-17-48-20-25)33-31(47-36(43)24-14-8-3-9-15-24)30(46-35(42)23-12-6-2-7-13-23)27(45-33)19-44-34(41)22-10-4-1-5-11-22/h1-18,20-21,27,30-31,33H,19H2/t27-,30-,31-,33-/m1/s1. The Balaban J connectivity index is 1.30. The van der Waals surface area contributed by atoms with Crippen LogP contribution in [0.15, 0.2) is 120 Å². The second-order valence-corrected chi connectivity index (χ2v) is 11.6. The van der Waals surface area contributed by atoms with E-state index < -0.39 is 48.3 Å². The zero-order chi connectivity index (χ0) is 33.0. The van der Waals surface area contributed by atoms with Crippen molar-refractivity contribution in [1.29, 1.82) is 0 Å². The van der Waals surface area contributed by atoms with Crippen LogP contribution >= 0.6 is 11.3 Å². The molecule has 240 valence electrons. The Kier molecular flexibility index (Phi) is 8.73. The van der Waals surface area contributed by atoms with Gasteiger partial charge in [0.15, 0.2) is 24.3 Å². The minimum Gasteiger partial charge on any atom is -0.459 e. The number of thiophene rings is 1. The molecule has 1 aliphatic heterocycles. The van der Waals surface area contributed by atoms with Gasteiger partial charge in [-0.3, -0.25) is 4.57 Å². The highest BCUT2D eigenvalue weighted by Gasteiger charge is 2.52. The van der Waals surface area contributed by atoms with Gasteiger partial charge in [0.25, 0.3) is 0 Å². The number of esters is 3. The molecule has 3 aromatic carbocycles. The molecule has 4 heterocycles. The van der Waals surface area contributed by atoms with Gasteiger partial charge in [-0.25, -0.2) is 28.7 Å². The first-order valence-corrected chi connectivity index (χ1v) is 15.9. The van der Waals surface area contributed by atoms with E-state index in [4.69, 9.17) is 18.9 Å². The normalized spacial score (nSPS) is 18.8. The van der Waals surface area contributed by atoms with Crippen molar-refractivity contribution >= 4 is 40.3 Å². The third-order valence-electron chi connectivity index (χ3n) is 7.81. The summed E-state index contributed by atoms with van der Waals surface area (Å²) >= 11 is 1.43. The van der Waals surface area contributed by atoms with Gasteiger partial charge in [0, 0.05) is 17.1 Å². The van der Waals surface area contributed by atoms with Crippen LogP contribution in [0.1, 0.15) is 37.3 Å². The van der Waals surface area contributed by atoms with Crippen molar-refractivity contribution < 1.29 is 37.7 Å². The Morgan fingerprint density at radius 2 is 1.35 bits per heavy atom. The largest absolute Gasteiger partial charge is 0.459 e.